The molecular weight excluding hydrogens is 259 g/mol. The highest BCUT2D eigenvalue weighted by atomic mass is 32.2. The zero-order valence-corrected chi connectivity index (χ0v) is 10.7. The maximum Gasteiger partial charge on any atom is 0.162 e. The fourth-order valence-corrected chi connectivity index (χ4v) is 3.68. The van der Waals surface area contributed by atoms with Crippen LogP contribution in [0.3, 0.4) is 0 Å². The molecule has 0 saturated carbocycles. The molecule has 2 fully saturated rings. The minimum Gasteiger partial charge on any atom is -0.396 e. The third kappa shape index (κ3) is 2.03. The number of rotatable bonds is 2. The molecule has 3 aliphatic rings. The molecule has 0 aliphatic carbocycles. The Bertz CT molecular complexity index is 353. The Kier molecular flexibility index (Phi) is 3.48. The van der Waals surface area contributed by atoms with E-state index in [2.05, 4.69) is 9.89 Å². The summed E-state index contributed by atoms with van der Waals surface area (Å²) in [7, 11) is 0. The number of halogens is 1. The van der Waals surface area contributed by atoms with Gasteiger partial charge in [0.05, 0.1) is 6.10 Å². The molecule has 0 unspecified atom stereocenters. The molecule has 0 bridgehead atoms. The Morgan fingerprint density at radius 2 is 2.28 bits per heavy atom. The number of aliphatic imine (C=N–C) groups is 1. The first-order valence-electron chi connectivity index (χ1n) is 6.28. The van der Waals surface area contributed by atoms with E-state index < -0.39 is 24.4 Å². The highest BCUT2D eigenvalue weighted by Gasteiger charge is 2.49. The van der Waals surface area contributed by atoms with Gasteiger partial charge in [0.2, 0.25) is 0 Å². The number of ether oxygens (including phenoxy) is 1. The summed E-state index contributed by atoms with van der Waals surface area (Å²) < 4.78 is 19.8. The average Bonchev–Trinajstić information content (AvgIpc) is 2.67. The van der Waals surface area contributed by atoms with Crippen LogP contribution in [0.1, 0.15) is 12.8 Å². The number of thioether (sulfide) groups is 1. The molecule has 2 N–H and O–H groups in total. The van der Waals surface area contributed by atoms with Gasteiger partial charge >= 0.3 is 0 Å². The Morgan fingerprint density at radius 1 is 1.50 bits per heavy atom. The van der Waals surface area contributed by atoms with Gasteiger partial charge < -0.3 is 19.8 Å². The number of fused-ring (bicyclic) bond motifs is 1. The van der Waals surface area contributed by atoms with Crippen molar-refractivity contribution in [3.05, 3.63) is 0 Å². The highest BCUT2D eigenvalue weighted by molar-refractivity contribution is 8.14. The van der Waals surface area contributed by atoms with Gasteiger partial charge in [-0.15, -0.1) is 0 Å². The van der Waals surface area contributed by atoms with Gasteiger partial charge in [-0.05, 0) is 12.8 Å². The lowest BCUT2D eigenvalue weighted by Crippen LogP contribution is -2.52. The minimum atomic E-state index is -1.41. The molecule has 0 spiro atoms. The molecule has 0 aromatic heterocycles. The Balaban J connectivity index is 1.71. The Hall–Kier alpha value is -0.370. The molecule has 0 aromatic carbocycles. The summed E-state index contributed by atoms with van der Waals surface area (Å²) in [5.74, 6) is 0. The number of alkyl halides is 1. The lowest BCUT2D eigenvalue weighted by molar-refractivity contribution is -0.136. The first kappa shape index (κ1) is 12.7. The molecule has 3 aliphatic heterocycles. The van der Waals surface area contributed by atoms with Crippen molar-refractivity contribution in [1.82, 2.24) is 4.90 Å². The predicted molar refractivity (Wildman–Crippen MR) is 66.3 cm³/mol. The second-order valence-electron chi connectivity index (χ2n) is 4.85. The summed E-state index contributed by atoms with van der Waals surface area (Å²) in [6, 6.07) is -0.615. The van der Waals surface area contributed by atoms with E-state index >= 15 is 0 Å². The van der Waals surface area contributed by atoms with Gasteiger partial charge in [0.25, 0.3) is 0 Å². The number of likely N-dealkylation sites (tertiary alicyclic amines) is 1. The lowest BCUT2D eigenvalue weighted by atomic mass is 9.98. The van der Waals surface area contributed by atoms with E-state index in [1.54, 1.807) is 0 Å². The zero-order chi connectivity index (χ0) is 12.7. The number of aliphatic hydroxyl groups is 2. The lowest BCUT2D eigenvalue weighted by Gasteiger charge is -2.37. The van der Waals surface area contributed by atoms with Gasteiger partial charge in [-0.25, -0.2) is 4.39 Å². The van der Waals surface area contributed by atoms with Crippen LogP contribution in [0.25, 0.3) is 0 Å². The molecule has 3 rings (SSSR count). The van der Waals surface area contributed by atoms with Crippen LogP contribution in [-0.4, -0.2) is 69.8 Å². The summed E-state index contributed by atoms with van der Waals surface area (Å²) >= 11 is 1.43. The van der Waals surface area contributed by atoms with Gasteiger partial charge in [0.1, 0.15) is 17.6 Å². The van der Waals surface area contributed by atoms with E-state index in [9.17, 15) is 9.50 Å². The Morgan fingerprint density at radius 3 is 2.89 bits per heavy atom. The van der Waals surface area contributed by atoms with E-state index in [0.29, 0.717) is 0 Å². The van der Waals surface area contributed by atoms with Crippen LogP contribution < -0.4 is 0 Å². The van der Waals surface area contributed by atoms with Crippen molar-refractivity contribution < 1.29 is 19.3 Å². The molecule has 2 saturated heterocycles. The van der Waals surface area contributed by atoms with Crippen LogP contribution in [0.2, 0.25) is 0 Å². The van der Waals surface area contributed by atoms with E-state index in [0.717, 1.165) is 24.7 Å². The predicted octanol–water partition coefficient (Wildman–Crippen LogP) is -0.0302. The molecule has 5 nitrogen and oxygen atoms in total. The van der Waals surface area contributed by atoms with E-state index in [1.165, 1.54) is 11.8 Å². The highest BCUT2D eigenvalue weighted by Crippen LogP contribution is 2.39. The van der Waals surface area contributed by atoms with Crippen LogP contribution in [-0.2, 0) is 4.74 Å². The van der Waals surface area contributed by atoms with E-state index in [1.807, 2.05) is 0 Å². The largest absolute Gasteiger partial charge is 0.396 e. The summed E-state index contributed by atoms with van der Waals surface area (Å²) in [4.78, 5) is 6.44. The summed E-state index contributed by atoms with van der Waals surface area (Å²) in [5.41, 5.74) is -0.365. The van der Waals surface area contributed by atoms with Crippen LogP contribution in [0.5, 0.6) is 0 Å². The van der Waals surface area contributed by atoms with Crippen LogP contribution in [0.15, 0.2) is 4.99 Å². The molecular formula is C11H17FN2O3S. The number of hydrogen-bond acceptors (Lipinski definition) is 6. The first-order chi connectivity index (χ1) is 8.70. The van der Waals surface area contributed by atoms with Crippen molar-refractivity contribution in [1.29, 1.82) is 0 Å². The van der Waals surface area contributed by atoms with E-state index in [4.69, 9.17) is 9.84 Å². The van der Waals surface area contributed by atoms with Crippen molar-refractivity contribution >= 4 is 16.9 Å². The molecule has 7 heteroatoms. The maximum absolute atomic E-state index is 14.1. The number of amidine groups is 1. The second kappa shape index (κ2) is 4.96. The fraction of sp³-hybridized carbons (Fsp3) is 0.909. The topological polar surface area (TPSA) is 65.3 Å². The van der Waals surface area contributed by atoms with Gasteiger partial charge in [-0.3, -0.25) is 4.99 Å². The van der Waals surface area contributed by atoms with Crippen molar-refractivity contribution in [3.8, 4) is 0 Å². The Labute approximate surface area is 109 Å². The fourth-order valence-electron chi connectivity index (χ4n) is 2.41. The summed E-state index contributed by atoms with van der Waals surface area (Å²) in [6.07, 6.45) is -1.84. The van der Waals surface area contributed by atoms with Crippen LogP contribution in [0.4, 0.5) is 4.39 Å². The minimum absolute atomic E-state index is 0.115. The maximum atomic E-state index is 14.1. The standard InChI is InChI=1S/C11H17FN2O3S/c12-7-8-10(17-6(2-5-15)9(7)16)18-11(13-8)14-3-1-4-14/h6-10,15-16H,1-5H2/t6-,7-,8-,9-,10-/m1/s1. The first-order valence-corrected chi connectivity index (χ1v) is 7.16. The molecule has 0 radical (unpaired) electrons. The molecule has 102 valence electrons. The second-order valence-corrected chi connectivity index (χ2v) is 5.92. The average molecular weight is 276 g/mol. The number of aliphatic hydroxyl groups excluding tert-OH is 2. The van der Waals surface area contributed by atoms with Gasteiger partial charge in [0.15, 0.2) is 11.3 Å². The van der Waals surface area contributed by atoms with Crippen LogP contribution >= 0.6 is 11.8 Å². The normalized spacial score (nSPS) is 43.4. The van der Waals surface area contributed by atoms with Crippen molar-refractivity contribution in [2.24, 2.45) is 4.99 Å². The van der Waals surface area contributed by atoms with Crippen molar-refractivity contribution in [3.63, 3.8) is 0 Å². The SMILES string of the molecule is OCC[C@H]1O[C@@H]2SC(N3CCC3)=N[C@@H]2[C@@H](F)[C@@H]1O. The van der Waals surface area contributed by atoms with Crippen molar-refractivity contribution in [2.75, 3.05) is 19.7 Å². The number of nitrogens with zero attached hydrogens (tertiary/aromatic N) is 2. The van der Waals surface area contributed by atoms with E-state index in [-0.39, 0.29) is 18.5 Å². The third-order valence-corrected chi connectivity index (χ3v) is 4.84. The van der Waals surface area contributed by atoms with Crippen molar-refractivity contribution in [2.45, 2.75) is 42.7 Å². The smallest absolute Gasteiger partial charge is 0.162 e. The molecule has 0 aromatic rings. The molecule has 5 atom stereocenters. The van der Waals surface area contributed by atoms with Gasteiger partial charge in [0, 0.05) is 19.7 Å². The number of hydrogen-bond donors (Lipinski definition) is 2. The molecule has 0 amide bonds. The van der Waals surface area contributed by atoms with Gasteiger partial charge in [-0.1, -0.05) is 11.8 Å². The zero-order valence-electron chi connectivity index (χ0n) is 9.91. The molecule has 18 heavy (non-hydrogen) atoms. The quantitative estimate of drug-likeness (QED) is 0.741. The summed E-state index contributed by atoms with van der Waals surface area (Å²) in [5, 5.41) is 19.5. The monoisotopic (exact) mass is 276 g/mol. The van der Waals surface area contributed by atoms with Gasteiger partial charge in [-0.2, -0.15) is 0 Å². The van der Waals surface area contributed by atoms with Crippen LogP contribution in [0, 0.1) is 0 Å². The summed E-state index contributed by atoms with van der Waals surface area (Å²) in [6.45, 7) is 1.81. The third-order valence-electron chi connectivity index (χ3n) is 3.64. The molecule has 3 heterocycles.